The summed E-state index contributed by atoms with van der Waals surface area (Å²) in [6, 6.07) is 14.6. The van der Waals surface area contributed by atoms with Crippen molar-refractivity contribution in [2.24, 2.45) is 5.92 Å². The lowest BCUT2D eigenvalue weighted by Crippen LogP contribution is -2.37. The summed E-state index contributed by atoms with van der Waals surface area (Å²) in [5.74, 6) is -4.02. The molecular weight excluding hydrogens is 433 g/mol. The summed E-state index contributed by atoms with van der Waals surface area (Å²) in [5, 5.41) is 6.55. The van der Waals surface area contributed by atoms with Crippen molar-refractivity contribution in [3.8, 4) is 0 Å². The number of carbonyl (C=O) groups excluding carboxylic acids is 1. The van der Waals surface area contributed by atoms with Crippen LogP contribution in [-0.2, 0) is 17.8 Å². The van der Waals surface area contributed by atoms with Crippen molar-refractivity contribution < 1.29 is 18.0 Å². The average molecular weight is 456 g/mol. The first-order chi connectivity index (χ1) is 15.9. The Morgan fingerprint density at radius 1 is 1.00 bits per heavy atom. The number of benzene rings is 2. The Morgan fingerprint density at radius 3 is 2.33 bits per heavy atom. The van der Waals surface area contributed by atoms with E-state index < -0.39 is 35.5 Å². The highest BCUT2D eigenvalue weighted by molar-refractivity contribution is 5.90. The molecule has 1 aliphatic rings. The predicted octanol–water partition coefficient (Wildman–Crippen LogP) is 3.76. The molecule has 3 aromatic rings. The van der Waals surface area contributed by atoms with Gasteiger partial charge in [0.15, 0.2) is 17.5 Å². The van der Waals surface area contributed by atoms with Crippen molar-refractivity contribution in [2.45, 2.75) is 25.8 Å². The quantitative estimate of drug-likeness (QED) is 0.574. The van der Waals surface area contributed by atoms with Crippen LogP contribution in [0.25, 0.3) is 0 Å². The lowest BCUT2D eigenvalue weighted by molar-refractivity contribution is -0.117. The first kappa shape index (κ1) is 22.6. The summed E-state index contributed by atoms with van der Waals surface area (Å²) < 4.78 is 40.8. The lowest BCUT2D eigenvalue weighted by Gasteiger charge is -2.33. The van der Waals surface area contributed by atoms with Gasteiger partial charge in [-0.15, -0.1) is 0 Å². The van der Waals surface area contributed by atoms with E-state index in [1.54, 1.807) is 6.07 Å². The van der Waals surface area contributed by atoms with E-state index in [-0.39, 0.29) is 5.69 Å². The monoisotopic (exact) mass is 456 g/mol. The normalized spacial score (nSPS) is 14.3. The van der Waals surface area contributed by atoms with Crippen molar-refractivity contribution >= 4 is 17.4 Å². The summed E-state index contributed by atoms with van der Waals surface area (Å²) in [7, 11) is 0. The molecule has 172 valence electrons. The van der Waals surface area contributed by atoms with E-state index in [0.717, 1.165) is 37.0 Å². The molecule has 0 bridgehead atoms. The summed E-state index contributed by atoms with van der Waals surface area (Å²) in [5.41, 5.74) is 0.583. The number of amides is 1. The Balaban J connectivity index is 1.38. The van der Waals surface area contributed by atoms with Gasteiger partial charge in [0.25, 0.3) is 5.56 Å². The van der Waals surface area contributed by atoms with E-state index in [1.165, 1.54) is 11.6 Å². The highest BCUT2D eigenvalue weighted by Crippen LogP contribution is 2.24. The molecule has 2 heterocycles. The standard InChI is InChI=1S/C24H23F3N4O2/c25-19-13-18(14-20(26)24(19)27)28-22(32)15-31-23(33)7-6-21(29-31)30-10-8-17(9-11-30)12-16-4-2-1-3-5-16/h1-7,13-14,17H,8-12,15H2,(H,28,32). The van der Waals surface area contributed by atoms with Crippen LogP contribution in [0.15, 0.2) is 59.4 Å². The van der Waals surface area contributed by atoms with Crippen LogP contribution < -0.4 is 15.8 Å². The SMILES string of the molecule is O=C(Cn1nc(N2CCC(Cc3ccccc3)CC2)ccc1=O)Nc1cc(F)c(F)c(F)c1. The molecule has 33 heavy (non-hydrogen) atoms. The fourth-order valence-corrected chi connectivity index (χ4v) is 4.00. The minimum Gasteiger partial charge on any atom is -0.355 e. The molecule has 0 atom stereocenters. The Labute approximate surface area is 188 Å². The highest BCUT2D eigenvalue weighted by atomic mass is 19.2. The highest BCUT2D eigenvalue weighted by Gasteiger charge is 2.21. The topological polar surface area (TPSA) is 67.2 Å². The molecule has 2 aromatic carbocycles. The fourth-order valence-electron chi connectivity index (χ4n) is 4.00. The van der Waals surface area contributed by atoms with Crippen molar-refractivity contribution in [3.63, 3.8) is 0 Å². The van der Waals surface area contributed by atoms with Gasteiger partial charge in [-0.05, 0) is 36.8 Å². The molecule has 1 saturated heterocycles. The lowest BCUT2D eigenvalue weighted by atomic mass is 9.90. The van der Waals surface area contributed by atoms with Crippen LogP contribution in [-0.4, -0.2) is 28.8 Å². The van der Waals surface area contributed by atoms with Gasteiger partial charge in [0.05, 0.1) is 0 Å². The number of rotatable bonds is 6. The zero-order valence-corrected chi connectivity index (χ0v) is 17.8. The maximum absolute atomic E-state index is 13.4. The number of anilines is 2. The van der Waals surface area contributed by atoms with Crippen molar-refractivity contribution in [1.82, 2.24) is 9.78 Å². The Hall–Kier alpha value is -3.62. The van der Waals surface area contributed by atoms with Crippen molar-refractivity contribution in [3.05, 3.63) is 88.0 Å². The minimum atomic E-state index is -1.62. The van der Waals surface area contributed by atoms with Crippen LogP contribution in [0.2, 0.25) is 0 Å². The maximum Gasteiger partial charge on any atom is 0.267 e. The second-order valence-electron chi connectivity index (χ2n) is 8.11. The summed E-state index contributed by atoms with van der Waals surface area (Å²) in [4.78, 5) is 26.5. The van der Waals surface area contributed by atoms with E-state index in [0.29, 0.717) is 23.9 Å². The first-order valence-corrected chi connectivity index (χ1v) is 10.7. The number of carbonyl (C=O) groups is 1. The van der Waals surface area contributed by atoms with Crippen LogP contribution in [0.3, 0.4) is 0 Å². The van der Waals surface area contributed by atoms with Gasteiger partial charge in [-0.1, -0.05) is 30.3 Å². The molecule has 1 aliphatic heterocycles. The van der Waals surface area contributed by atoms with Gasteiger partial charge in [-0.3, -0.25) is 9.59 Å². The van der Waals surface area contributed by atoms with Crippen LogP contribution in [0.1, 0.15) is 18.4 Å². The van der Waals surface area contributed by atoms with E-state index in [4.69, 9.17) is 0 Å². The number of halogens is 3. The third kappa shape index (κ3) is 5.60. The molecule has 1 amide bonds. The molecule has 1 fully saturated rings. The summed E-state index contributed by atoms with van der Waals surface area (Å²) in [6.07, 6.45) is 2.99. The molecule has 0 spiro atoms. The smallest absolute Gasteiger partial charge is 0.267 e. The van der Waals surface area contributed by atoms with Crippen LogP contribution >= 0.6 is 0 Å². The van der Waals surface area contributed by atoms with Crippen molar-refractivity contribution in [1.29, 1.82) is 0 Å². The van der Waals surface area contributed by atoms with Crippen LogP contribution in [0, 0.1) is 23.4 Å². The van der Waals surface area contributed by atoms with Gasteiger partial charge in [0.2, 0.25) is 5.91 Å². The van der Waals surface area contributed by atoms with Crippen LogP contribution in [0.4, 0.5) is 24.7 Å². The van der Waals surface area contributed by atoms with Crippen LogP contribution in [0.5, 0.6) is 0 Å². The molecule has 6 nitrogen and oxygen atoms in total. The zero-order chi connectivity index (χ0) is 23.4. The molecular formula is C24H23F3N4O2. The van der Waals surface area contributed by atoms with E-state index in [2.05, 4.69) is 27.4 Å². The third-order valence-electron chi connectivity index (χ3n) is 5.72. The number of piperidine rings is 1. The van der Waals surface area contributed by atoms with E-state index in [9.17, 15) is 22.8 Å². The molecule has 0 unspecified atom stereocenters. The number of nitrogens with one attached hydrogen (secondary N) is 1. The predicted molar refractivity (Wildman–Crippen MR) is 119 cm³/mol. The molecule has 0 radical (unpaired) electrons. The zero-order valence-electron chi connectivity index (χ0n) is 17.8. The number of aromatic nitrogens is 2. The Kier molecular flexibility index (Phi) is 6.76. The van der Waals surface area contributed by atoms with E-state index >= 15 is 0 Å². The van der Waals surface area contributed by atoms with Gasteiger partial charge in [-0.2, -0.15) is 5.10 Å². The Morgan fingerprint density at radius 2 is 1.67 bits per heavy atom. The summed E-state index contributed by atoms with van der Waals surface area (Å²) in [6.45, 7) is 1.11. The number of hydrogen-bond donors (Lipinski definition) is 1. The second kappa shape index (κ2) is 9.89. The van der Waals surface area contributed by atoms with E-state index in [1.807, 2.05) is 18.2 Å². The number of nitrogens with zero attached hydrogens (tertiary/aromatic N) is 3. The van der Waals surface area contributed by atoms with Gasteiger partial charge in [-0.25, -0.2) is 17.9 Å². The number of hydrogen-bond acceptors (Lipinski definition) is 4. The molecule has 4 rings (SSSR count). The summed E-state index contributed by atoms with van der Waals surface area (Å²) >= 11 is 0. The minimum absolute atomic E-state index is 0.249. The maximum atomic E-state index is 13.4. The largest absolute Gasteiger partial charge is 0.355 e. The van der Waals surface area contributed by atoms with Crippen molar-refractivity contribution in [2.75, 3.05) is 23.3 Å². The van der Waals surface area contributed by atoms with Gasteiger partial charge >= 0.3 is 0 Å². The molecule has 0 saturated carbocycles. The first-order valence-electron chi connectivity index (χ1n) is 10.7. The van der Waals surface area contributed by atoms with Gasteiger partial charge in [0, 0.05) is 37.0 Å². The second-order valence-corrected chi connectivity index (χ2v) is 8.11. The Bertz CT molecular complexity index is 1170. The third-order valence-corrected chi connectivity index (χ3v) is 5.72. The average Bonchev–Trinajstić information content (AvgIpc) is 2.80. The fraction of sp³-hybridized carbons (Fsp3) is 0.292. The molecule has 9 heteroatoms. The van der Waals surface area contributed by atoms with Gasteiger partial charge < -0.3 is 10.2 Å². The molecule has 0 aliphatic carbocycles. The molecule has 1 N–H and O–H groups in total. The van der Waals surface area contributed by atoms with Gasteiger partial charge in [0.1, 0.15) is 12.4 Å². The molecule has 1 aromatic heterocycles.